The molecule has 46 valence electrons. The van der Waals surface area contributed by atoms with Crippen LogP contribution in [0.5, 0.6) is 0 Å². The molecule has 0 spiro atoms. The van der Waals surface area contributed by atoms with Crippen molar-refractivity contribution in [2.45, 2.75) is 32.6 Å². The largest absolute Gasteiger partial charge is 0.299 e. The van der Waals surface area contributed by atoms with E-state index in [4.69, 9.17) is 0 Å². The molecule has 0 aromatic carbocycles. The lowest BCUT2D eigenvalue weighted by Gasteiger charge is -2.14. The van der Waals surface area contributed by atoms with Gasteiger partial charge in [0.2, 0.25) is 0 Å². The minimum absolute atomic E-state index is 0.365. The lowest BCUT2D eigenvalue weighted by atomic mass is 9.90. The fourth-order valence-electron chi connectivity index (χ4n) is 1.16. The number of hydrogen-bond acceptors (Lipinski definition) is 1. The van der Waals surface area contributed by atoms with Gasteiger partial charge in [-0.3, -0.25) is 4.79 Å². The number of hydrogen-bond donors (Lipinski definition) is 0. The van der Waals surface area contributed by atoms with Gasteiger partial charge in [0.1, 0.15) is 5.78 Å². The quantitative estimate of drug-likeness (QED) is 0.466. The molecule has 0 saturated heterocycles. The third kappa shape index (κ3) is 1.09. The standard InChI is InChI=1S/C7H12O/c1-6-4-2-3-5-7(6)8/h6H,2-5H2,1H3/t6-/m1/s1. The summed E-state index contributed by atoms with van der Waals surface area (Å²) in [6, 6.07) is 0. The van der Waals surface area contributed by atoms with E-state index in [0.717, 1.165) is 19.3 Å². The van der Waals surface area contributed by atoms with Crippen molar-refractivity contribution in [2.24, 2.45) is 5.92 Å². The summed E-state index contributed by atoms with van der Waals surface area (Å²) in [5.74, 6) is 0.833. The Kier molecular flexibility index (Phi) is 1.66. The monoisotopic (exact) mass is 112 g/mol. The van der Waals surface area contributed by atoms with Crippen LogP contribution in [0.15, 0.2) is 0 Å². The topological polar surface area (TPSA) is 17.1 Å². The van der Waals surface area contributed by atoms with Gasteiger partial charge in [-0.2, -0.15) is 0 Å². The van der Waals surface area contributed by atoms with Gasteiger partial charge in [-0.25, -0.2) is 0 Å². The minimum Gasteiger partial charge on any atom is -0.299 e. The van der Waals surface area contributed by atoms with Gasteiger partial charge in [0.25, 0.3) is 0 Å². The second kappa shape index (κ2) is 2.29. The van der Waals surface area contributed by atoms with E-state index in [2.05, 4.69) is 0 Å². The zero-order chi connectivity index (χ0) is 5.98. The van der Waals surface area contributed by atoms with Gasteiger partial charge in [-0.15, -0.1) is 0 Å². The molecular weight excluding hydrogens is 100 g/mol. The van der Waals surface area contributed by atoms with Crippen LogP contribution in [0.3, 0.4) is 0 Å². The molecule has 0 unspecified atom stereocenters. The van der Waals surface area contributed by atoms with Crippen LogP contribution < -0.4 is 0 Å². The van der Waals surface area contributed by atoms with E-state index < -0.39 is 0 Å². The van der Waals surface area contributed by atoms with Crippen molar-refractivity contribution in [3.63, 3.8) is 0 Å². The number of carbonyl (C=O) groups is 1. The van der Waals surface area contributed by atoms with E-state index in [1.54, 1.807) is 0 Å². The highest BCUT2D eigenvalue weighted by molar-refractivity contribution is 5.81. The molecule has 1 aliphatic rings. The molecule has 0 radical (unpaired) electrons. The van der Waals surface area contributed by atoms with Crippen molar-refractivity contribution in [3.05, 3.63) is 0 Å². The van der Waals surface area contributed by atoms with Crippen molar-refractivity contribution in [1.29, 1.82) is 0 Å². The molecule has 0 heterocycles. The Morgan fingerprint density at radius 1 is 1.50 bits per heavy atom. The molecule has 0 amide bonds. The number of Topliss-reactive ketones (excluding diaryl/α,β-unsaturated/α-hetero) is 1. The molecule has 1 nitrogen and oxygen atoms in total. The molecule has 0 aliphatic heterocycles. The second-order valence-electron chi connectivity index (χ2n) is 2.61. The molecule has 0 aromatic heterocycles. The van der Waals surface area contributed by atoms with Crippen LogP contribution >= 0.6 is 0 Å². The third-order valence-corrected chi connectivity index (χ3v) is 1.86. The van der Waals surface area contributed by atoms with Crippen molar-refractivity contribution in [3.8, 4) is 0 Å². The number of ketones is 1. The van der Waals surface area contributed by atoms with Crippen molar-refractivity contribution in [2.75, 3.05) is 0 Å². The van der Waals surface area contributed by atoms with Crippen LogP contribution in [0.2, 0.25) is 0 Å². The molecule has 1 atom stereocenters. The Bertz CT molecular complexity index is 96.6. The van der Waals surface area contributed by atoms with Crippen LogP contribution in [0.4, 0.5) is 0 Å². The lowest BCUT2D eigenvalue weighted by Crippen LogP contribution is -2.14. The van der Waals surface area contributed by atoms with Gasteiger partial charge in [0.05, 0.1) is 0 Å². The molecule has 0 aromatic rings. The first-order valence-corrected chi connectivity index (χ1v) is 3.33. The Morgan fingerprint density at radius 2 is 2.25 bits per heavy atom. The summed E-state index contributed by atoms with van der Waals surface area (Å²) in [6.45, 7) is 2.03. The average Bonchev–Trinajstić information content (AvgIpc) is 1.77. The molecule has 1 rings (SSSR count). The molecule has 0 bridgehead atoms. The maximum atomic E-state index is 10.8. The normalized spacial score (nSPS) is 30.6. The van der Waals surface area contributed by atoms with Crippen LogP contribution in [-0.2, 0) is 4.79 Å². The molecule has 1 saturated carbocycles. The smallest absolute Gasteiger partial charge is 0.135 e. The van der Waals surface area contributed by atoms with E-state index in [-0.39, 0.29) is 0 Å². The highest BCUT2D eigenvalue weighted by atomic mass is 16.1. The summed E-state index contributed by atoms with van der Waals surface area (Å²) in [5, 5.41) is 0. The summed E-state index contributed by atoms with van der Waals surface area (Å²) in [6.07, 6.45) is 4.34. The Labute approximate surface area is 50.1 Å². The fourth-order valence-corrected chi connectivity index (χ4v) is 1.16. The third-order valence-electron chi connectivity index (χ3n) is 1.86. The maximum Gasteiger partial charge on any atom is 0.135 e. The summed E-state index contributed by atoms with van der Waals surface area (Å²) in [7, 11) is 0. The number of carbonyl (C=O) groups excluding carboxylic acids is 1. The van der Waals surface area contributed by atoms with E-state index in [1.165, 1.54) is 6.42 Å². The predicted molar refractivity (Wildman–Crippen MR) is 32.6 cm³/mol. The molecule has 1 fully saturated rings. The van der Waals surface area contributed by atoms with Crippen LogP contribution in [0.25, 0.3) is 0 Å². The van der Waals surface area contributed by atoms with E-state index in [9.17, 15) is 4.79 Å². The molecular formula is C7H12O. The van der Waals surface area contributed by atoms with Gasteiger partial charge in [-0.1, -0.05) is 13.3 Å². The first-order chi connectivity index (χ1) is 3.80. The summed E-state index contributed by atoms with van der Waals surface area (Å²) >= 11 is 0. The van der Waals surface area contributed by atoms with Gasteiger partial charge >= 0.3 is 0 Å². The highest BCUT2D eigenvalue weighted by Crippen LogP contribution is 2.18. The van der Waals surface area contributed by atoms with Gasteiger partial charge < -0.3 is 0 Å². The predicted octanol–water partition coefficient (Wildman–Crippen LogP) is 1.77. The molecule has 0 N–H and O–H groups in total. The first-order valence-electron chi connectivity index (χ1n) is 3.33. The van der Waals surface area contributed by atoms with Crippen LogP contribution in [0.1, 0.15) is 32.6 Å². The second-order valence-corrected chi connectivity index (χ2v) is 2.61. The Morgan fingerprint density at radius 3 is 2.62 bits per heavy atom. The highest BCUT2D eigenvalue weighted by Gasteiger charge is 2.16. The zero-order valence-corrected chi connectivity index (χ0v) is 5.31. The summed E-state index contributed by atoms with van der Waals surface area (Å²) in [4.78, 5) is 10.8. The molecule has 8 heavy (non-hydrogen) atoms. The Hall–Kier alpha value is -0.330. The van der Waals surface area contributed by atoms with Crippen molar-refractivity contribution in [1.82, 2.24) is 0 Å². The van der Waals surface area contributed by atoms with Crippen LogP contribution in [0, 0.1) is 5.92 Å². The Balaban J connectivity index is 2.39. The van der Waals surface area contributed by atoms with Gasteiger partial charge in [0.15, 0.2) is 0 Å². The maximum absolute atomic E-state index is 10.8. The summed E-state index contributed by atoms with van der Waals surface area (Å²) < 4.78 is 0. The SMILES string of the molecule is C[C@@H]1CCCCC1=O. The minimum atomic E-state index is 0.365. The van der Waals surface area contributed by atoms with Gasteiger partial charge in [0, 0.05) is 12.3 Å². The van der Waals surface area contributed by atoms with Crippen LogP contribution in [-0.4, -0.2) is 5.78 Å². The average molecular weight is 112 g/mol. The zero-order valence-electron chi connectivity index (χ0n) is 5.31. The lowest BCUT2D eigenvalue weighted by molar-refractivity contribution is -0.123. The van der Waals surface area contributed by atoms with E-state index in [0.29, 0.717) is 11.7 Å². The molecule has 1 aliphatic carbocycles. The van der Waals surface area contributed by atoms with E-state index >= 15 is 0 Å². The fraction of sp³-hybridized carbons (Fsp3) is 0.857. The van der Waals surface area contributed by atoms with Crippen molar-refractivity contribution >= 4 is 5.78 Å². The summed E-state index contributed by atoms with van der Waals surface area (Å²) in [5.41, 5.74) is 0. The van der Waals surface area contributed by atoms with Crippen molar-refractivity contribution < 1.29 is 4.79 Å². The van der Waals surface area contributed by atoms with E-state index in [1.807, 2.05) is 6.92 Å². The van der Waals surface area contributed by atoms with Gasteiger partial charge in [-0.05, 0) is 12.8 Å². The molecule has 1 heteroatoms. The first kappa shape index (κ1) is 5.80. The number of rotatable bonds is 0.